The number of rotatable bonds is 7. The second-order valence-electron chi connectivity index (χ2n) is 4.81. The number of nitrogens with zero attached hydrogens (tertiary/aromatic N) is 4. The summed E-state index contributed by atoms with van der Waals surface area (Å²) in [7, 11) is 0. The van der Waals surface area contributed by atoms with Crippen LogP contribution in [0.1, 0.15) is 5.56 Å². The molecule has 6 heteroatoms. The Labute approximate surface area is 129 Å². The van der Waals surface area contributed by atoms with E-state index in [1.165, 1.54) is 0 Å². The Morgan fingerprint density at radius 2 is 1.68 bits per heavy atom. The van der Waals surface area contributed by atoms with Gasteiger partial charge in [0.05, 0.1) is 24.6 Å². The Hall–Kier alpha value is -2.31. The average molecular weight is 300 g/mol. The lowest BCUT2D eigenvalue weighted by Gasteiger charge is -2.23. The largest absolute Gasteiger partial charge is 0.395 e. The van der Waals surface area contributed by atoms with Gasteiger partial charge in [0.25, 0.3) is 0 Å². The van der Waals surface area contributed by atoms with E-state index in [9.17, 15) is 0 Å². The highest BCUT2D eigenvalue weighted by molar-refractivity contribution is 5.57. The normalized spacial score (nSPS) is 11.0. The van der Waals surface area contributed by atoms with Gasteiger partial charge in [-0.2, -0.15) is 10.2 Å². The Morgan fingerprint density at radius 1 is 1.00 bits per heavy atom. The molecule has 0 bridgehead atoms. The minimum atomic E-state index is 0.0442. The third-order valence-corrected chi connectivity index (χ3v) is 3.22. The first-order valence-corrected chi connectivity index (χ1v) is 7.13. The number of aromatic nitrogens is 1. The van der Waals surface area contributed by atoms with Crippen molar-refractivity contribution in [2.45, 2.75) is 6.92 Å². The molecule has 0 fully saturated rings. The predicted octanol–water partition coefficient (Wildman–Crippen LogP) is 2.60. The van der Waals surface area contributed by atoms with Crippen molar-refractivity contribution >= 4 is 17.1 Å². The molecule has 1 aromatic carbocycles. The quantitative estimate of drug-likeness (QED) is 0.770. The van der Waals surface area contributed by atoms with E-state index in [1.54, 1.807) is 24.5 Å². The zero-order valence-corrected chi connectivity index (χ0v) is 12.6. The molecule has 0 atom stereocenters. The number of aliphatic hydroxyl groups is 2. The third-order valence-electron chi connectivity index (χ3n) is 3.22. The monoisotopic (exact) mass is 300 g/mol. The van der Waals surface area contributed by atoms with Gasteiger partial charge in [-0.25, -0.2) is 0 Å². The highest BCUT2D eigenvalue weighted by Gasteiger charge is 2.07. The van der Waals surface area contributed by atoms with Crippen LogP contribution in [0.3, 0.4) is 0 Å². The van der Waals surface area contributed by atoms with E-state index in [4.69, 9.17) is 10.2 Å². The van der Waals surface area contributed by atoms with E-state index < -0.39 is 0 Å². The van der Waals surface area contributed by atoms with Crippen LogP contribution in [0.4, 0.5) is 17.1 Å². The van der Waals surface area contributed by atoms with Crippen LogP contribution in [-0.2, 0) is 0 Å². The zero-order chi connectivity index (χ0) is 15.8. The number of benzene rings is 1. The Balaban J connectivity index is 2.17. The molecule has 2 N–H and O–H groups in total. The van der Waals surface area contributed by atoms with Gasteiger partial charge in [-0.1, -0.05) is 0 Å². The number of azo groups is 1. The summed E-state index contributed by atoms with van der Waals surface area (Å²) in [5.41, 5.74) is 3.47. The van der Waals surface area contributed by atoms with Crippen molar-refractivity contribution in [1.82, 2.24) is 4.98 Å². The molecule has 0 unspecified atom stereocenters. The number of aliphatic hydroxyl groups excluding tert-OH is 2. The molecule has 6 nitrogen and oxygen atoms in total. The van der Waals surface area contributed by atoms with Crippen molar-refractivity contribution in [3.8, 4) is 0 Å². The fraction of sp³-hybridized carbons (Fsp3) is 0.312. The lowest BCUT2D eigenvalue weighted by molar-refractivity contribution is 0.281. The summed E-state index contributed by atoms with van der Waals surface area (Å²) in [5, 5.41) is 26.6. The fourth-order valence-electron chi connectivity index (χ4n) is 2.08. The smallest absolute Gasteiger partial charge is 0.0887 e. The summed E-state index contributed by atoms with van der Waals surface area (Å²) in [6.45, 7) is 3.02. The van der Waals surface area contributed by atoms with E-state index >= 15 is 0 Å². The van der Waals surface area contributed by atoms with Gasteiger partial charge in [-0.3, -0.25) is 4.98 Å². The summed E-state index contributed by atoms with van der Waals surface area (Å²) in [5.74, 6) is 0. The first-order chi connectivity index (χ1) is 10.7. The van der Waals surface area contributed by atoms with Crippen molar-refractivity contribution in [2.75, 3.05) is 31.2 Å². The number of hydrogen-bond acceptors (Lipinski definition) is 6. The van der Waals surface area contributed by atoms with Gasteiger partial charge >= 0.3 is 0 Å². The summed E-state index contributed by atoms with van der Waals surface area (Å²) in [6, 6.07) is 9.36. The van der Waals surface area contributed by atoms with Crippen LogP contribution >= 0.6 is 0 Å². The molecular formula is C16H20N4O2. The molecule has 0 saturated carbocycles. The molecule has 1 heterocycles. The van der Waals surface area contributed by atoms with Crippen molar-refractivity contribution < 1.29 is 10.2 Å². The van der Waals surface area contributed by atoms with Crippen molar-refractivity contribution in [3.05, 3.63) is 48.3 Å². The molecule has 0 radical (unpaired) electrons. The average Bonchev–Trinajstić information content (AvgIpc) is 2.54. The Kier molecular flexibility index (Phi) is 6.00. The second kappa shape index (κ2) is 8.21. The van der Waals surface area contributed by atoms with Crippen LogP contribution in [-0.4, -0.2) is 41.5 Å². The summed E-state index contributed by atoms with van der Waals surface area (Å²) in [6.07, 6.45) is 3.35. The minimum absolute atomic E-state index is 0.0442. The second-order valence-corrected chi connectivity index (χ2v) is 4.81. The number of pyridine rings is 1. The van der Waals surface area contributed by atoms with Gasteiger partial charge in [-0.05, 0) is 42.8 Å². The number of anilines is 1. The van der Waals surface area contributed by atoms with Gasteiger partial charge in [0.2, 0.25) is 0 Å². The maximum absolute atomic E-state index is 9.10. The van der Waals surface area contributed by atoms with Gasteiger partial charge in [0, 0.05) is 31.2 Å². The van der Waals surface area contributed by atoms with Crippen LogP contribution in [0.15, 0.2) is 53.0 Å². The highest BCUT2D eigenvalue weighted by atomic mass is 16.3. The van der Waals surface area contributed by atoms with Crippen LogP contribution in [0.25, 0.3) is 0 Å². The molecule has 22 heavy (non-hydrogen) atoms. The predicted molar refractivity (Wildman–Crippen MR) is 86.0 cm³/mol. The standard InChI is InChI=1S/C16H20N4O2/c1-13-12-15(20(8-10-21)9-11-22)2-3-16(13)19-18-14-4-6-17-7-5-14/h2-7,12,21-22H,8-11H2,1H3/b19-18+. The van der Waals surface area contributed by atoms with E-state index in [0.29, 0.717) is 13.1 Å². The van der Waals surface area contributed by atoms with Crippen molar-refractivity contribution in [1.29, 1.82) is 0 Å². The Bertz CT molecular complexity index is 611. The van der Waals surface area contributed by atoms with Crippen LogP contribution in [0.2, 0.25) is 0 Å². The molecule has 0 saturated heterocycles. The summed E-state index contributed by atoms with van der Waals surface area (Å²) < 4.78 is 0. The minimum Gasteiger partial charge on any atom is -0.395 e. The molecule has 2 rings (SSSR count). The van der Waals surface area contributed by atoms with Crippen LogP contribution in [0, 0.1) is 6.92 Å². The molecule has 0 amide bonds. The maximum atomic E-state index is 9.10. The van der Waals surface area contributed by atoms with Gasteiger partial charge in [0.15, 0.2) is 0 Å². The first-order valence-electron chi connectivity index (χ1n) is 7.13. The van der Waals surface area contributed by atoms with Crippen molar-refractivity contribution in [2.24, 2.45) is 10.2 Å². The van der Waals surface area contributed by atoms with E-state index in [1.807, 2.05) is 30.0 Å². The Morgan fingerprint density at radius 3 is 2.27 bits per heavy atom. The molecule has 1 aromatic heterocycles. The SMILES string of the molecule is Cc1cc(N(CCO)CCO)ccc1/N=N/c1ccncc1. The molecule has 116 valence electrons. The van der Waals surface area contributed by atoms with Crippen molar-refractivity contribution in [3.63, 3.8) is 0 Å². The molecule has 0 aliphatic heterocycles. The zero-order valence-electron chi connectivity index (χ0n) is 12.6. The molecule has 0 aliphatic rings. The number of aryl methyl sites for hydroxylation is 1. The third kappa shape index (κ3) is 4.34. The lowest BCUT2D eigenvalue weighted by atomic mass is 10.1. The fourth-order valence-corrected chi connectivity index (χ4v) is 2.08. The highest BCUT2D eigenvalue weighted by Crippen LogP contribution is 2.26. The molecule has 2 aromatic rings. The van der Waals surface area contributed by atoms with Gasteiger partial charge in [-0.15, -0.1) is 0 Å². The van der Waals surface area contributed by atoms with Crippen LogP contribution in [0.5, 0.6) is 0 Å². The van der Waals surface area contributed by atoms with E-state index in [-0.39, 0.29) is 13.2 Å². The topological polar surface area (TPSA) is 81.3 Å². The van der Waals surface area contributed by atoms with Gasteiger partial charge in [0.1, 0.15) is 0 Å². The molecule has 0 spiro atoms. The van der Waals surface area contributed by atoms with E-state index in [2.05, 4.69) is 15.2 Å². The van der Waals surface area contributed by atoms with Crippen LogP contribution < -0.4 is 4.90 Å². The molecule has 0 aliphatic carbocycles. The molecular weight excluding hydrogens is 280 g/mol. The first kappa shape index (κ1) is 16.1. The lowest BCUT2D eigenvalue weighted by Crippen LogP contribution is -2.29. The maximum Gasteiger partial charge on any atom is 0.0887 e. The van der Waals surface area contributed by atoms with Gasteiger partial charge < -0.3 is 15.1 Å². The summed E-state index contributed by atoms with van der Waals surface area (Å²) in [4.78, 5) is 5.86. The number of hydrogen-bond donors (Lipinski definition) is 2. The van der Waals surface area contributed by atoms with E-state index in [0.717, 1.165) is 22.6 Å². The summed E-state index contributed by atoms with van der Waals surface area (Å²) >= 11 is 0.